The van der Waals surface area contributed by atoms with Gasteiger partial charge in [-0.05, 0) is 12.1 Å². The largest absolute Gasteiger partial charge is 0.493 e. The van der Waals surface area contributed by atoms with E-state index < -0.39 is 11.8 Å². The molecular formula is C11H10FN3O3S. The average molecular weight is 283 g/mol. The fraction of sp³-hybridized carbons (Fsp3) is 0.182. The van der Waals surface area contributed by atoms with E-state index in [1.807, 2.05) is 0 Å². The maximum absolute atomic E-state index is 13.5. The lowest BCUT2D eigenvalue weighted by Crippen LogP contribution is -1.97. The summed E-state index contributed by atoms with van der Waals surface area (Å²) in [6.07, 6.45) is 0. The Kier molecular flexibility index (Phi) is 4.00. The minimum Gasteiger partial charge on any atom is -0.493 e. The van der Waals surface area contributed by atoms with Gasteiger partial charge in [0.25, 0.3) is 0 Å². The van der Waals surface area contributed by atoms with Crippen LogP contribution >= 0.6 is 11.8 Å². The van der Waals surface area contributed by atoms with Crippen molar-refractivity contribution in [2.24, 2.45) is 0 Å². The molecule has 0 atom stereocenters. The SMILES string of the molecule is COc1c(F)cccc1-c1nc(SCC(=O)O)n[nH]1. The Morgan fingerprint density at radius 3 is 3.05 bits per heavy atom. The van der Waals surface area contributed by atoms with E-state index in [9.17, 15) is 9.18 Å². The number of thioether (sulfide) groups is 1. The third kappa shape index (κ3) is 3.02. The molecule has 6 nitrogen and oxygen atoms in total. The third-order valence-corrected chi connectivity index (χ3v) is 3.05. The van der Waals surface area contributed by atoms with E-state index in [1.165, 1.54) is 19.2 Å². The first kappa shape index (κ1) is 13.3. The number of nitrogens with one attached hydrogen (secondary N) is 1. The highest BCUT2D eigenvalue weighted by molar-refractivity contribution is 7.99. The predicted molar refractivity (Wildman–Crippen MR) is 66.7 cm³/mol. The van der Waals surface area contributed by atoms with Crippen LogP contribution in [0, 0.1) is 5.82 Å². The molecule has 1 aromatic heterocycles. The molecule has 0 saturated heterocycles. The fourth-order valence-electron chi connectivity index (χ4n) is 1.46. The van der Waals surface area contributed by atoms with Crippen LogP contribution in [0.3, 0.4) is 0 Å². The standard InChI is InChI=1S/C11H10FN3O3S/c1-18-9-6(3-2-4-7(9)12)10-13-11(15-14-10)19-5-8(16)17/h2-4H,5H2,1H3,(H,16,17)(H,13,14,15). The van der Waals surface area contributed by atoms with E-state index in [0.29, 0.717) is 11.4 Å². The van der Waals surface area contributed by atoms with E-state index in [4.69, 9.17) is 9.84 Å². The summed E-state index contributed by atoms with van der Waals surface area (Å²) < 4.78 is 18.5. The van der Waals surface area contributed by atoms with Gasteiger partial charge in [-0.15, -0.1) is 5.10 Å². The minimum absolute atomic E-state index is 0.0634. The van der Waals surface area contributed by atoms with E-state index >= 15 is 0 Å². The number of hydrogen-bond donors (Lipinski definition) is 2. The van der Waals surface area contributed by atoms with Crippen molar-refractivity contribution in [3.8, 4) is 17.1 Å². The monoisotopic (exact) mass is 283 g/mol. The number of aromatic nitrogens is 3. The molecule has 2 aromatic rings. The number of hydrogen-bond acceptors (Lipinski definition) is 5. The zero-order valence-electron chi connectivity index (χ0n) is 9.88. The molecule has 0 spiro atoms. The molecule has 0 saturated carbocycles. The van der Waals surface area contributed by atoms with Crippen LogP contribution in [-0.4, -0.2) is 39.1 Å². The minimum atomic E-state index is -0.959. The van der Waals surface area contributed by atoms with E-state index in [2.05, 4.69) is 15.2 Å². The molecule has 1 aromatic carbocycles. The molecular weight excluding hydrogens is 273 g/mol. The van der Waals surface area contributed by atoms with Gasteiger partial charge in [0.05, 0.1) is 18.4 Å². The second kappa shape index (κ2) is 5.70. The van der Waals surface area contributed by atoms with Crippen LogP contribution in [-0.2, 0) is 4.79 Å². The molecule has 1 heterocycles. The van der Waals surface area contributed by atoms with Crippen molar-refractivity contribution in [3.05, 3.63) is 24.0 Å². The van der Waals surface area contributed by atoms with Gasteiger partial charge < -0.3 is 9.84 Å². The molecule has 2 N–H and O–H groups in total. The summed E-state index contributed by atoms with van der Waals surface area (Å²) in [5.74, 6) is -1.22. The van der Waals surface area contributed by atoms with Gasteiger partial charge in [-0.2, -0.15) is 0 Å². The number of benzene rings is 1. The van der Waals surface area contributed by atoms with Gasteiger partial charge in [0.1, 0.15) is 0 Å². The second-order valence-electron chi connectivity index (χ2n) is 3.47. The molecule has 0 unspecified atom stereocenters. The summed E-state index contributed by atoms with van der Waals surface area (Å²) in [5.41, 5.74) is 0.428. The van der Waals surface area contributed by atoms with Crippen LogP contribution in [0.2, 0.25) is 0 Å². The van der Waals surface area contributed by atoms with Gasteiger partial charge in [-0.25, -0.2) is 9.37 Å². The quantitative estimate of drug-likeness (QED) is 0.813. The van der Waals surface area contributed by atoms with Crippen molar-refractivity contribution in [1.29, 1.82) is 0 Å². The number of methoxy groups -OCH3 is 1. The molecule has 2 rings (SSSR count). The predicted octanol–water partition coefficient (Wildman–Crippen LogP) is 1.80. The van der Waals surface area contributed by atoms with Crippen molar-refractivity contribution >= 4 is 17.7 Å². The van der Waals surface area contributed by atoms with Gasteiger partial charge in [-0.1, -0.05) is 17.8 Å². The summed E-state index contributed by atoms with van der Waals surface area (Å²) in [4.78, 5) is 14.5. The van der Waals surface area contributed by atoms with Crippen molar-refractivity contribution < 1.29 is 19.0 Å². The third-order valence-electron chi connectivity index (χ3n) is 2.22. The first-order valence-electron chi connectivity index (χ1n) is 5.21. The van der Waals surface area contributed by atoms with Crippen molar-refractivity contribution in [1.82, 2.24) is 15.2 Å². The number of para-hydroxylation sites is 1. The highest BCUT2D eigenvalue weighted by atomic mass is 32.2. The summed E-state index contributed by atoms with van der Waals surface area (Å²) >= 11 is 0.974. The molecule has 0 aliphatic rings. The number of aliphatic carboxylic acids is 1. The Hall–Kier alpha value is -2.09. The number of nitrogens with zero attached hydrogens (tertiary/aromatic N) is 2. The Morgan fingerprint density at radius 1 is 1.58 bits per heavy atom. The van der Waals surface area contributed by atoms with E-state index in [0.717, 1.165) is 11.8 Å². The Balaban J connectivity index is 2.28. The van der Waals surface area contributed by atoms with Crippen LogP contribution in [0.25, 0.3) is 11.4 Å². The van der Waals surface area contributed by atoms with Gasteiger partial charge in [0, 0.05) is 0 Å². The highest BCUT2D eigenvalue weighted by Gasteiger charge is 2.15. The van der Waals surface area contributed by atoms with Crippen LogP contribution < -0.4 is 4.74 Å². The molecule has 0 bridgehead atoms. The summed E-state index contributed by atoms with van der Waals surface area (Å²) in [6.45, 7) is 0. The van der Waals surface area contributed by atoms with E-state index in [-0.39, 0.29) is 16.7 Å². The molecule has 0 radical (unpaired) electrons. The average Bonchev–Trinajstić information content (AvgIpc) is 2.84. The number of aromatic amines is 1. The highest BCUT2D eigenvalue weighted by Crippen LogP contribution is 2.30. The first-order valence-corrected chi connectivity index (χ1v) is 6.20. The zero-order chi connectivity index (χ0) is 13.8. The van der Waals surface area contributed by atoms with Crippen LogP contribution in [0.1, 0.15) is 0 Å². The number of ether oxygens (including phenoxy) is 1. The van der Waals surface area contributed by atoms with Crippen LogP contribution in [0.4, 0.5) is 4.39 Å². The van der Waals surface area contributed by atoms with Crippen LogP contribution in [0.15, 0.2) is 23.4 Å². The maximum Gasteiger partial charge on any atom is 0.313 e. The molecule has 0 aliphatic carbocycles. The maximum atomic E-state index is 13.5. The number of carbonyl (C=O) groups is 1. The second-order valence-corrected chi connectivity index (χ2v) is 4.41. The summed E-state index contributed by atoms with van der Waals surface area (Å²) in [7, 11) is 1.36. The normalized spacial score (nSPS) is 10.4. The van der Waals surface area contributed by atoms with Crippen molar-refractivity contribution in [2.45, 2.75) is 5.16 Å². The first-order chi connectivity index (χ1) is 9.11. The van der Waals surface area contributed by atoms with Gasteiger partial charge >= 0.3 is 5.97 Å². The van der Waals surface area contributed by atoms with E-state index in [1.54, 1.807) is 6.07 Å². The lowest BCUT2D eigenvalue weighted by atomic mass is 10.2. The van der Waals surface area contributed by atoms with Crippen molar-refractivity contribution in [2.75, 3.05) is 12.9 Å². The Morgan fingerprint density at radius 2 is 2.37 bits per heavy atom. The number of carboxylic acids is 1. The molecule has 0 amide bonds. The molecule has 19 heavy (non-hydrogen) atoms. The molecule has 0 fully saturated rings. The molecule has 100 valence electrons. The van der Waals surface area contributed by atoms with Gasteiger partial charge in [-0.3, -0.25) is 9.89 Å². The smallest absolute Gasteiger partial charge is 0.313 e. The number of rotatable bonds is 5. The molecule has 8 heteroatoms. The Bertz CT molecular complexity index is 603. The topological polar surface area (TPSA) is 88.1 Å². The number of halogens is 1. The number of carboxylic acid groups (broad SMARTS) is 1. The Labute approximate surface area is 112 Å². The van der Waals surface area contributed by atoms with Crippen molar-refractivity contribution in [3.63, 3.8) is 0 Å². The number of H-pyrrole nitrogens is 1. The lowest BCUT2D eigenvalue weighted by Gasteiger charge is -2.05. The van der Waals surface area contributed by atoms with Gasteiger partial charge in [0.2, 0.25) is 5.16 Å². The lowest BCUT2D eigenvalue weighted by molar-refractivity contribution is -0.133. The fourth-order valence-corrected chi connectivity index (χ4v) is 1.98. The van der Waals surface area contributed by atoms with Crippen LogP contribution in [0.5, 0.6) is 5.75 Å². The summed E-state index contributed by atoms with van der Waals surface area (Å²) in [6, 6.07) is 4.44. The van der Waals surface area contributed by atoms with Gasteiger partial charge in [0.15, 0.2) is 17.4 Å². The summed E-state index contributed by atoms with van der Waals surface area (Å²) in [5, 5.41) is 15.3. The molecule has 0 aliphatic heterocycles. The zero-order valence-corrected chi connectivity index (χ0v) is 10.7.